The molecule has 0 aromatic heterocycles. The van der Waals surface area contributed by atoms with E-state index in [4.69, 9.17) is 0 Å². The molecule has 2 nitrogen and oxygen atoms in total. The van der Waals surface area contributed by atoms with Gasteiger partial charge in [-0.15, -0.1) is 0 Å². The molecule has 1 rings (SSSR count). The molecule has 1 aromatic rings. The SMILES string of the molecule is CCNC[C@@H](O)c1ccccc1. The van der Waals surface area contributed by atoms with Gasteiger partial charge in [0.1, 0.15) is 0 Å². The lowest BCUT2D eigenvalue weighted by Crippen LogP contribution is -2.20. The number of nitrogens with one attached hydrogen (secondary N) is 1. The van der Waals surface area contributed by atoms with Crippen LogP contribution in [0.1, 0.15) is 18.6 Å². The number of aliphatic hydroxyl groups is 1. The molecule has 0 saturated carbocycles. The van der Waals surface area contributed by atoms with Crippen LogP contribution in [0.4, 0.5) is 0 Å². The van der Waals surface area contributed by atoms with E-state index in [9.17, 15) is 5.11 Å². The van der Waals surface area contributed by atoms with Gasteiger partial charge in [-0.3, -0.25) is 0 Å². The molecule has 0 unspecified atom stereocenters. The Labute approximate surface area is 73.2 Å². The number of hydrogen-bond donors (Lipinski definition) is 2. The zero-order chi connectivity index (χ0) is 8.81. The highest BCUT2D eigenvalue weighted by molar-refractivity contribution is 5.17. The molecular weight excluding hydrogens is 150 g/mol. The summed E-state index contributed by atoms with van der Waals surface area (Å²) in [5.74, 6) is 0. The van der Waals surface area contributed by atoms with E-state index in [0.29, 0.717) is 6.54 Å². The van der Waals surface area contributed by atoms with Crippen LogP contribution < -0.4 is 5.32 Å². The van der Waals surface area contributed by atoms with Crippen molar-refractivity contribution in [3.63, 3.8) is 0 Å². The lowest BCUT2D eigenvalue weighted by Gasteiger charge is -2.10. The highest BCUT2D eigenvalue weighted by atomic mass is 16.3. The smallest absolute Gasteiger partial charge is 0.0914 e. The molecule has 0 saturated heterocycles. The summed E-state index contributed by atoms with van der Waals surface area (Å²) in [6.07, 6.45) is -0.383. The molecule has 0 radical (unpaired) electrons. The number of aliphatic hydroxyl groups excluding tert-OH is 1. The van der Waals surface area contributed by atoms with Crippen molar-refractivity contribution in [1.82, 2.24) is 5.32 Å². The van der Waals surface area contributed by atoms with Gasteiger partial charge >= 0.3 is 0 Å². The molecule has 2 heteroatoms. The molecule has 12 heavy (non-hydrogen) atoms. The lowest BCUT2D eigenvalue weighted by molar-refractivity contribution is 0.175. The monoisotopic (exact) mass is 165 g/mol. The Morgan fingerprint density at radius 2 is 2.00 bits per heavy atom. The molecule has 0 spiro atoms. The molecule has 0 amide bonds. The maximum Gasteiger partial charge on any atom is 0.0914 e. The molecule has 1 aromatic carbocycles. The van der Waals surface area contributed by atoms with Gasteiger partial charge in [0.2, 0.25) is 0 Å². The van der Waals surface area contributed by atoms with E-state index in [1.54, 1.807) is 0 Å². The van der Waals surface area contributed by atoms with Crippen molar-refractivity contribution in [2.75, 3.05) is 13.1 Å². The Kier molecular flexibility index (Phi) is 3.77. The van der Waals surface area contributed by atoms with Crippen LogP contribution in [-0.2, 0) is 0 Å². The highest BCUT2D eigenvalue weighted by Crippen LogP contribution is 2.09. The Morgan fingerprint density at radius 1 is 1.33 bits per heavy atom. The second kappa shape index (κ2) is 4.91. The molecule has 0 aliphatic heterocycles. The van der Waals surface area contributed by atoms with Gasteiger partial charge in [-0.25, -0.2) is 0 Å². The van der Waals surface area contributed by atoms with Gasteiger partial charge in [-0.1, -0.05) is 37.3 Å². The fourth-order valence-corrected chi connectivity index (χ4v) is 1.07. The topological polar surface area (TPSA) is 32.3 Å². The first-order chi connectivity index (χ1) is 5.84. The van der Waals surface area contributed by atoms with Gasteiger partial charge in [0.15, 0.2) is 0 Å². The predicted octanol–water partition coefficient (Wildman–Crippen LogP) is 1.33. The quantitative estimate of drug-likeness (QED) is 0.705. The van der Waals surface area contributed by atoms with E-state index in [1.165, 1.54) is 0 Å². The van der Waals surface area contributed by atoms with Crippen molar-refractivity contribution >= 4 is 0 Å². The van der Waals surface area contributed by atoms with E-state index in [1.807, 2.05) is 37.3 Å². The maximum absolute atomic E-state index is 9.59. The van der Waals surface area contributed by atoms with E-state index in [0.717, 1.165) is 12.1 Å². The minimum atomic E-state index is -0.383. The fraction of sp³-hybridized carbons (Fsp3) is 0.400. The molecular formula is C10H15NO. The van der Waals surface area contributed by atoms with Crippen molar-refractivity contribution in [3.8, 4) is 0 Å². The third-order valence-corrected chi connectivity index (χ3v) is 1.77. The maximum atomic E-state index is 9.59. The van der Waals surface area contributed by atoms with Gasteiger partial charge in [-0.05, 0) is 12.1 Å². The molecule has 0 aliphatic carbocycles. The summed E-state index contributed by atoms with van der Waals surface area (Å²) >= 11 is 0. The van der Waals surface area contributed by atoms with Crippen molar-refractivity contribution in [2.45, 2.75) is 13.0 Å². The third-order valence-electron chi connectivity index (χ3n) is 1.77. The minimum Gasteiger partial charge on any atom is -0.387 e. The lowest BCUT2D eigenvalue weighted by atomic mass is 10.1. The van der Waals surface area contributed by atoms with Crippen LogP contribution in [0.2, 0.25) is 0 Å². The first kappa shape index (κ1) is 9.23. The normalized spacial score (nSPS) is 12.8. The van der Waals surface area contributed by atoms with E-state index >= 15 is 0 Å². The Morgan fingerprint density at radius 3 is 2.58 bits per heavy atom. The summed E-state index contributed by atoms with van der Waals surface area (Å²) < 4.78 is 0. The number of hydrogen-bond acceptors (Lipinski definition) is 2. The molecule has 2 N–H and O–H groups in total. The van der Waals surface area contributed by atoms with Crippen LogP contribution in [0.5, 0.6) is 0 Å². The minimum absolute atomic E-state index is 0.383. The van der Waals surface area contributed by atoms with Crippen LogP contribution in [-0.4, -0.2) is 18.2 Å². The Bertz CT molecular complexity index is 210. The highest BCUT2D eigenvalue weighted by Gasteiger charge is 2.03. The van der Waals surface area contributed by atoms with Gasteiger partial charge < -0.3 is 10.4 Å². The van der Waals surface area contributed by atoms with Crippen LogP contribution in [0.15, 0.2) is 30.3 Å². The first-order valence-corrected chi connectivity index (χ1v) is 4.28. The van der Waals surface area contributed by atoms with Gasteiger partial charge in [0, 0.05) is 6.54 Å². The average Bonchev–Trinajstić information content (AvgIpc) is 2.15. The fourth-order valence-electron chi connectivity index (χ4n) is 1.07. The summed E-state index contributed by atoms with van der Waals surface area (Å²) in [6.45, 7) is 3.54. The van der Waals surface area contributed by atoms with Gasteiger partial charge in [0.05, 0.1) is 6.10 Å². The van der Waals surface area contributed by atoms with Crippen LogP contribution in [0, 0.1) is 0 Å². The molecule has 0 fully saturated rings. The second-order valence-corrected chi connectivity index (χ2v) is 2.73. The molecule has 1 atom stereocenters. The summed E-state index contributed by atoms with van der Waals surface area (Å²) in [5, 5.41) is 12.7. The van der Waals surface area contributed by atoms with Crippen molar-refractivity contribution in [3.05, 3.63) is 35.9 Å². The first-order valence-electron chi connectivity index (χ1n) is 4.28. The second-order valence-electron chi connectivity index (χ2n) is 2.73. The Hall–Kier alpha value is -0.860. The van der Waals surface area contributed by atoms with Crippen molar-refractivity contribution in [1.29, 1.82) is 0 Å². The van der Waals surface area contributed by atoms with Crippen molar-refractivity contribution < 1.29 is 5.11 Å². The third kappa shape index (κ3) is 2.64. The average molecular weight is 165 g/mol. The summed E-state index contributed by atoms with van der Waals surface area (Å²) in [6, 6.07) is 9.68. The van der Waals surface area contributed by atoms with Gasteiger partial charge in [0.25, 0.3) is 0 Å². The largest absolute Gasteiger partial charge is 0.387 e. The van der Waals surface area contributed by atoms with Crippen LogP contribution >= 0.6 is 0 Å². The molecule has 0 heterocycles. The summed E-state index contributed by atoms with van der Waals surface area (Å²) in [4.78, 5) is 0. The number of rotatable bonds is 4. The van der Waals surface area contributed by atoms with Crippen LogP contribution in [0.3, 0.4) is 0 Å². The van der Waals surface area contributed by atoms with E-state index < -0.39 is 0 Å². The summed E-state index contributed by atoms with van der Waals surface area (Å²) in [7, 11) is 0. The number of likely N-dealkylation sites (N-methyl/N-ethyl adjacent to an activating group) is 1. The molecule has 0 aliphatic rings. The van der Waals surface area contributed by atoms with Crippen LogP contribution in [0.25, 0.3) is 0 Å². The standard InChI is InChI=1S/C10H15NO/c1-2-11-8-10(12)9-6-4-3-5-7-9/h3-7,10-12H,2,8H2,1H3/t10-/m1/s1. The summed E-state index contributed by atoms with van der Waals surface area (Å²) in [5.41, 5.74) is 0.971. The van der Waals surface area contributed by atoms with E-state index in [-0.39, 0.29) is 6.10 Å². The zero-order valence-electron chi connectivity index (χ0n) is 7.33. The number of benzene rings is 1. The molecule has 0 bridgehead atoms. The zero-order valence-corrected chi connectivity index (χ0v) is 7.33. The Balaban J connectivity index is 2.48. The predicted molar refractivity (Wildman–Crippen MR) is 49.9 cm³/mol. The van der Waals surface area contributed by atoms with Gasteiger partial charge in [-0.2, -0.15) is 0 Å². The molecule has 66 valence electrons. The van der Waals surface area contributed by atoms with Crippen molar-refractivity contribution in [2.24, 2.45) is 0 Å². The van der Waals surface area contributed by atoms with E-state index in [2.05, 4.69) is 5.32 Å².